The number of rotatable bonds is 8. The average molecular weight is 482 g/mol. The Morgan fingerprint density at radius 3 is 2.79 bits per heavy atom. The van der Waals surface area contributed by atoms with Gasteiger partial charge in [-0.25, -0.2) is 9.67 Å². The van der Waals surface area contributed by atoms with Crippen molar-refractivity contribution < 1.29 is 9.47 Å². The van der Waals surface area contributed by atoms with Gasteiger partial charge in [-0.15, -0.1) is 0 Å². The lowest BCUT2D eigenvalue weighted by Crippen LogP contribution is -2.44. The second kappa shape index (κ2) is 9.48. The standard InChI is InChI=1S/C24H35N7O2Si/c1-18-15-32-10-9-30(18)22-13-20(24(2,3)16-25)19-14-26-31(23(19)27-22)21-7-8-29(28-21)17-33-11-12-34(4,5)6/h7-8,13-14,18H,9-12,15,17H2,1-6H3/t18-/m1/s1. The van der Waals surface area contributed by atoms with E-state index in [4.69, 9.17) is 14.5 Å². The van der Waals surface area contributed by atoms with E-state index in [0.29, 0.717) is 31.4 Å². The zero-order valence-electron chi connectivity index (χ0n) is 21.1. The number of morpholine rings is 1. The Morgan fingerprint density at radius 2 is 2.09 bits per heavy atom. The maximum absolute atomic E-state index is 9.88. The lowest BCUT2D eigenvalue weighted by atomic mass is 9.85. The van der Waals surface area contributed by atoms with Gasteiger partial charge in [0.25, 0.3) is 0 Å². The zero-order valence-corrected chi connectivity index (χ0v) is 22.1. The smallest absolute Gasteiger partial charge is 0.177 e. The minimum atomic E-state index is -1.13. The minimum absolute atomic E-state index is 0.195. The number of nitriles is 1. The highest BCUT2D eigenvalue weighted by molar-refractivity contribution is 6.76. The number of ether oxygens (including phenoxy) is 2. The minimum Gasteiger partial charge on any atom is -0.377 e. The molecule has 182 valence electrons. The molecule has 1 aliphatic rings. The van der Waals surface area contributed by atoms with E-state index in [9.17, 15) is 5.26 Å². The van der Waals surface area contributed by atoms with E-state index in [2.05, 4.69) is 47.7 Å². The van der Waals surface area contributed by atoms with E-state index in [1.165, 1.54) is 0 Å². The summed E-state index contributed by atoms with van der Waals surface area (Å²) < 4.78 is 15.0. The van der Waals surface area contributed by atoms with Crippen molar-refractivity contribution in [2.45, 2.75) is 64.6 Å². The second-order valence-electron chi connectivity index (χ2n) is 10.7. The lowest BCUT2D eigenvalue weighted by molar-refractivity contribution is 0.0785. The fourth-order valence-corrected chi connectivity index (χ4v) is 4.78. The van der Waals surface area contributed by atoms with Crippen LogP contribution < -0.4 is 4.90 Å². The molecule has 0 radical (unpaired) electrons. The maximum atomic E-state index is 9.88. The fraction of sp³-hybridized carbons (Fsp3) is 0.583. The zero-order chi connectivity index (χ0) is 24.5. The van der Waals surface area contributed by atoms with Crippen molar-refractivity contribution in [1.82, 2.24) is 24.5 Å². The van der Waals surface area contributed by atoms with E-state index in [1.807, 2.05) is 32.2 Å². The molecule has 0 aliphatic carbocycles. The van der Waals surface area contributed by atoms with Crippen LogP contribution in [-0.2, 0) is 21.6 Å². The van der Waals surface area contributed by atoms with Crippen LogP contribution in [0.1, 0.15) is 26.3 Å². The maximum Gasteiger partial charge on any atom is 0.177 e. The van der Waals surface area contributed by atoms with Crippen molar-refractivity contribution in [2.24, 2.45) is 0 Å². The first-order valence-corrected chi connectivity index (χ1v) is 15.6. The molecule has 1 aliphatic heterocycles. The van der Waals surface area contributed by atoms with Crippen molar-refractivity contribution >= 4 is 24.9 Å². The van der Waals surface area contributed by atoms with Gasteiger partial charge in [0.2, 0.25) is 0 Å². The van der Waals surface area contributed by atoms with E-state index >= 15 is 0 Å². The number of fused-ring (bicyclic) bond motifs is 1. The summed E-state index contributed by atoms with van der Waals surface area (Å²) in [5.74, 6) is 1.50. The van der Waals surface area contributed by atoms with Crippen LogP contribution in [0.5, 0.6) is 0 Å². The molecule has 0 spiro atoms. The predicted molar refractivity (Wildman–Crippen MR) is 135 cm³/mol. The lowest BCUT2D eigenvalue weighted by Gasteiger charge is -2.35. The normalized spacial score (nSPS) is 17.3. The third-order valence-corrected chi connectivity index (χ3v) is 7.91. The van der Waals surface area contributed by atoms with Crippen LogP contribution in [0.25, 0.3) is 16.9 Å². The van der Waals surface area contributed by atoms with Crippen LogP contribution in [0.15, 0.2) is 24.5 Å². The van der Waals surface area contributed by atoms with Gasteiger partial charge in [-0.05, 0) is 38.4 Å². The number of nitrogens with zero attached hydrogens (tertiary/aromatic N) is 7. The molecule has 10 heteroatoms. The number of pyridine rings is 1. The van der Waals surface area contributed by atoms with Crippen LogP contribution in [0.3, 0.4) is 0 Å². The van der Waals surface area contributed by atoms with Gasteiger partial charge in [0.15, 0.2) is 11.5 Å². The molecule has 0 N–H and O–H groups in total. The average Bonchev–Trinajstić information content (AvgIpc) is 3.42. The van der Waals surface area contributed by atoms with Gasteiger partial charge in [-0.3, -0.25) is 0 Å². The molecule has 4 heterocycles. The number of anilines is 1. The molecule has 9 nitrogen and oxygen atoms in total. The third-order valence-electron chi connectivity index (χ3n) is 6.21. The van der Waals surface area contributed by atoms with Gasteiger partial charge in [0.1, 0.15) is 12.5 Å². The van der Waals surface area contributed by atoms with Crippen molar-refractivity contribution in [3.05, 3.63) is 30.1 Å². The summed E-state index contributed by atoms with van der Waals surface area (Å²) in [5.41, 5.74) is 0.913. The molecule has 0 saturated carbocycles. The van der Waals surface area contributed by atoms with Gasteiger partial charge in [-0.2, -0.15) is 20.1 Å². The molecule has 0 bridgehead atoms. The summed E-state index contributed by atoms with van der Waals surface area (Å²) in [6.07, 6.45) is 3.68. The highest BCUT2D eigenvalue weighted by Gasteiger charge is 2.29. The van der Waals surface area contributed by atoms with Crippen LogP contribution >= 0.6 is 0 Å². The summed E-state index contributed by atoms with van der Waals surface area (Å²) in [7, 11) is -1.13. The first kappa shape index (κ1) is 24.4. The fourth-order valence-electron chi connectivity index (χ4n) is 4.02. The Kier molecular flexibility index (Phi) is 6.80. The van der Waals surface area contributed by atoms with E-state index in [0.717, 1.165) is 36.0 Å². The van der Waals surface area contributed by atoms with Crippen molar-refractivity contribution in [3.8, 4) is 11.9 Å². The molecule has 1 atom stereocenters. The van der Waals surface area contributed by atoms with Crippen LogP contribution in [0, 0.1) is 11.3 Å². The van der Waals surface area contributed by atoms with Crippen LogP contribution in [-0.4, -0.2) is 65.0 Å². The van der Waals surface area contributed by atoms with Crippen molar-refractivity contribution in [1.29, 1.82) is 5.26 Å². The highest BCUT2D eigenvalue weighted by atomic mass is 28.3. The number of hydrogen-bond donors (Lipinski definition) is 0. The van der Waals surface area contributed by atoms with Crippen molar-refractivity contribution in [3.63, 3.8) is 0 Å². The summed E-state index contributed by atoms with van der Waals surface area (Å²) in [4.78, 5) is 7.23. The molecule has 0 amide bonds. The summed E-state index contributed by atoms with van der Waals surface area (Å²) >= 11 is 0. The third kappa shape index (κ3) is 5.16. The molecule has 34 heavy (non-hydrogen) atoms. The number of hydrogen-bond acceptors (Lipinski definition) is 7. The summed E-state index contributed by atoms with van der Waals surface area (Å²) in [5, 5.41) is 20.0. The molecular formula is C24H35N7O2Si. The first-order chi connectivity index (χ1) is 16.1. The summed E-state index contributed by atoms with van der Waals surface area (Å²) in [6.45, 7) is 16.2. The van der Waals surface area contributed by atoms with Gasteiger partial charge >= 0.3 is 0 Å². The Morgan fingerprint density at radius 1 is 1.29 bits per heavy atom. The Hall–Kier alpha value is -2.74. The quantitative estimate of drug-likeness (QED) is 0.355. The molecular weight excluding hydrogens is 446 g/mol. The molecule has 3 aromatic heterocycles. The van der Waals surface area contributed by atoms with E-state index in [1.54, 1.807) is 15.6 Å². The SMILES string of the molecule is C[C@@H]1COCCN1c1cc(C(C)(C)C#N)c2cnn(-c3ccn(COCC[Si](C)(C)C)n3)c2n1. The van der Waals surface area contributed by atoms with Gasteiger partial charge in [0.05, 0.1) is 36.9 Å². The van der Waals surface area contributed by atoms with E-state index in [-0.39, 0.29) is 6.04 Å². The first-order valence-electron chi connectivity index (χ1n) is 11.9. The van der Waals surface area contributed by atoms with Crippen LogP contribution in [0.4, 0.5) is 5.82 Å². The molecule has 3 aromatic rings. The topological polar surface area (TPSA) is 94.0 Å². The Labute approximate surface area is 202 Å². The van der Waals surface area contributed by atoms with E-state index < -0.39 is 13.5 Å². The number of aromatic nitrogens is 5. The van der Waals surface area contributed by atoms with Crippen molar-refractivity contribution in [2.75, 3.05) is 31.3 Å². The second-order valence-corrected chi connectivity index (χ2v) is 16.4. The predicted octanol–water partition coefficient (Wildman–Crippen LogP) is 3.96. The molecule has 1 saturated heterocycles. The Bertz CT molecular complexity index is 1190. The Balaban J connectivity index is 1.68. The summed E-state index contributed by atoms with van der Waals surface area (Å²) in [6, 6.07) is 7.70. The molecule has 4 rings (SSSR count). The largest absolute Gasteiger partial charge is 0.377 e. The highest BCUT2D eigenvalue weighted by Crippen LogP contribution is 2.34. The van der Waals surface area contributed by atoms with Gasteiger partial charge in [0, 0.05) is 38.9 Å². The van der Waals surface area contributed by atoms with Gasteiger partial charge in [-0.1, -0.05) is 19.6 Å². The van der Waals surface area contributed by atoms with Crippen LogP contribution in [0.2, 0.25) is 25.7 Å². The molecule has 0 unspecified atom stereocenters. The molecule has 1 fully saturated rings. The monoisotopic (exact) mass is 481 g/mol. The molecule has 0 aromatic carbocycles. The van der Waals surface area contributed by atoms with Gasteiger partial charge < -0.3 is 14.4 Å².